The molecule has 0 atom stereocenters. The minimum Gasteiger partial charge on any atom is -0.383 e. The van der Waals surface area contributed by atoms with Crippen molar-refractivity contribution in [2.45, 2.75) is 6.54 Å². The van der Waals surface area contributed by atoms with Crippen LogP contribution in [0.2, 0.25) is 0 Å². The quantitative estimate of drug-likeness (QED) is 0.611. The van der Waals surface area contributed by atoms with Gasteiger partial charge in [0.15, 0.2) is 0 Å². The third kappa shape index (κ3) is 7.89. The Bertz CT molecular complexity index is 371. The third-order valence-corrected chi connectivity index (χ3v) is 2.82. The standard InChI is InChI=1S/C15H25N3O2/c1-18(12-14-6-4-3-5-7-14)13-15(19)17-9-8-16-10-11-20-2/h3-7,16H,8-13H2,1-2H3,(H,17,19). The molecule has 5 nitrogen and oxygen atoms in total. The van der Waals surface area contributed by atoms with E-state index in [4.69, 9.17) is 4.74 Å². The zero-order chi connectivity index (χ0) is 14.6. The summed E-state index contributed by atoms with van der Waals surface area (Å²) >= 11 is 0. The largest absolute Gasteiger partial charge is 0.383 e. The van der Waals surface area contributed by atoms with Gasteiger partial charge >= 0.3 is 0 Å². The summed E-state index contributed by atoms with van der Waals surface area (Å²) in [5.74, 6) is 0.0528. The number of amides is 1. The molecule has 0 fully saturated rings. The van der Waals surface area contributed by atoms with Crippen LogP contribution in [-0.2, 0) is 16.1 Å². The summed E-state index contributed by atoms with van der Waals surface area (Å²) in [5, 5.41) is 6.07. The van der Waals surface area contributed by atoms with Gasteiger partial charge in [-0.1, -0.05) is 30.3 Å². The van der Waals surface area contributed by atoms with E-state index < -0.39 is 0 Å². The third-order valence-electron chi connectivity index (χ3n) is 2.82. The van der Waals surface area contributed by atoms with E-state index in [0.717, 1.165) is 19.6 Å². The maximum atomic E-state index is 11.7. The van der Waals surface area contributed by atoms with Crippen LogP contribution in [0.4, 0.5) is 0 Å². The fourth-order valence-corrected chi connectivity index (χ4v) is 1.84. The molecule has 0 saturated carbocycles. The van der Waals surface area contributed by atoms with Crippen molar-refractivity contribution in [2.24, 2.45) is 0 Å². The fourth-order valence-electron chi connectivity index (χ4n) is 1.84. The number of methoxy groups -OCH3 is 1. The Morgan fingerprint density at radius 2 is 1.95 bits per heavy atom. The van der Waals surface area contributed by atoms with E-state index >= 15 is 0 Å². The maximum absolute atomic E-state index is 11.7. The average Bonchev–Trinajstić information content (AvgIpc) is 2.43. The zero-order valence-corrected chi connectivity index (χ0v) is 12.4. The molecule has 0 heterocycles. The van der Waals surface area contributed by atoms with E-state index in [-0.39, 0.29) is 5.91 Å². The van der Waals surface area contributed by atoms with Gasteiger partial charge in [-0.15, -0.1) is 0 Å². The molecule has 0 bridgehead atoms. The second-order valence-corrected chi connectivity index (χ2v) is 4.75. The minimum atomic E-state index is 0.0528. The highest BCUT2D eigenvalue weighted by molar-refractivity contribution is 5.77. The molecule has 0 aliphatic rings. The predicted octanol–water partition coefficient (Wildman–Crippen LogP) is 0.471. The highest BCUT2D eigenvalue weighted by Gasteiger charge is 2.06. The minimum absolute atomic E-state index is 0.0528. The SMILES string of the molecule is COCCNCCNC(=O)CN(C)Cc1ccccc1. The number of nitrogens with one attached hydrogen (secondary N) is 2. The number of benzene rings is 1. The lowest BCUT2D eigenvalue weighted by Gasteiger charge is -2.16. The topological polar surface area (TPSA) is 53.6 Å². The zero-order valence-electron chi connectivity index (χ0n) is 12.4. The Kier molecular flexibility index (Phi) is 8.62. The van der Waals surface area contributed by atoms with Gasteiger partial charge in [0.05, 0.1) is 13.2 Å². The molecule has 1 aromatic rings. The first kappa shape index (κ1) is 16.6. The van der Waals surface area contributed by atoms with Crippen LogP contribution in [0.3, 0.4) is 0 Å². The summed E-state index contributed by atoms with van der Waals surface area (Å²) in [4.78, 5) is 13.7. The van der Waals surface area contributed by atoms with E-state index in [9.17, 15) is 4.79 Å². The molecule has 0 aromatic heterocycles. The number of hydrogen-bond donors (Lipinski definition) is 2. The Morgan fingerprint density at radius 1 is 1.20 bits per heavy atom. The van der Waals surface area contributed by atoms with Crippen molar-refractivity contribution in [3.05, 3.63) is 35.9 Å². The Balaban J connectivity index is 2.09. The lowest BCUT2D eigenvalue weighted by molar-refractivity contribution is -0.122. The summed E-state index contributed by atoms with van der Waals surface area (Å²) < 4.78 is 4.92. The maximum Gasteiger partial charge on any atom is 0.234 e. The Labute approximate surface area is 121 Å². The lowest BCUT2D eigenvalue weighted by Crippen LogP contribution is -2.38. The Morgan fingerprint density at radius 3 is 2.65 bits per heavy atom. The first-order valence-corrected chi connectivity index (χ1v) is 6.91. The summed E-state index contributed by atoms with van der Waals surface area (Å²) in [6.07, 6.45) is 0. The second-order valence-electron chi connectivity index (χ2n) is 4.75. The molecular formula is C15H25N3O2. The molecule has 20 heavy (non-hydrogen) atoms. The number of hydrogen-bond acceptors (Lipinski definition) is 4. The van der Waals surface area contributed by atoms with Gasteiger partial charge in [0.2, 0.25) is 5.91 Å². The molecule has 1 aromatic carbocycles. The number of ether oxygens (including phenoxy) is 1. The van der Waals surface area contributed by atoms with Gasteiger partial charge in [-0.25, -0.2) is 0 Å². The molecule has 1 amide bonds. The predicted molar refractivity (Wildman–Crippen MR) is 80.5 cm³/mol. The van der Waals surface area contributed by atoms with E-state index in [1.807, 2.05) is 30.1 Å². The number of nitrogens with zero attached hydrogens (tertiary/aromatic N) is 1. The van der Waals surface area contributed by atoms with Gasteiger partial charge in [0.25, 0.3) is 0 Å². The fraction of sp³-hybridized carbons (Fsp3) is 0.533. The van der Waals surface area contributed by atoms with Crippen LogP contribution < -0.4 is 10.6 Å². The molecule has 112 valence electrons. The average molecular weight is 279 g/mol. The molecule has 1 rings (SSSR count). The van der Waals surface area contributed by atoms with Crippen LogP contribution in [-0.4, -0.2) is 57.8 Å². The molecule has 0 aliphatic heterocycles. The van der Waals surface area contributed by atoms with Crippen molar-refractivity contribution in [1.82, 2.24) is 15.5 Å². The van der Waals surface area contributed by atoms with Gasteiger partial charge in [-0.2, -0.15) is 0 Å². The van der Waals surface area contributed by atoms with Crippen LogP contribution >= 0.6 is 0 Å². The summed E-state index contributed by atoms with van der Waals surface area (Å²) in [7, 11) is 3.62. The molecular weight excluding hydrogens is 254 g/mol. The van der Waals surface area contributed by atoms with Crippen LogP contribution in [0.15, 0.2) is 30.3 Å². The highest BCUT2D eigenvalue weighted by Crippen LogP contribution is 2.01. The smallest absolute Gasteiger partial charge is 0.234 e. The van der Waals surface area contributed by atoms with Crippen molar-refractivity contribution in [3.63, 3.8) is 0 Å². The van der Waals surface area contributed by atoms with Gasteiger partial charge < -0.3 is 15.4 Å². The monoisotopic (exact) mass is 279 g/mol. The van der Waals surface area contributed by atoms with E-state index in [0.29, 0.717) is 19.7 Å². The van der Waals surface area contributed by atoms with Crippen molar-refractivity contribution >= 4 is 5.91 Å². The molecule has 0 spiro atoms. The van der Waals surface area contributed by atoms with E-state index in [1.54, 1.807) is 7.11 Å². The number of likely N-dealkylation sites (N-methyl/N-ethyl adjacent to an activating group) is 1. The van der Waals surface area contributed by atoms with Crippen LogP contribution in [0.1, 0.15) is 5.56 Å². The molecule has 5 heteroatoms. The van der Waals surface area contributed by atoms with Gasteiger partial charge in [0, 0.05) is 33.3 Å². The lowest BCUT2D eigenvalue weighted by atomic mass is 10.2. The van der Waals surface area contributed by atoms with Gasteiger partial charge in [0.1, 0.15) is 0 Å². The first-order valence-electron chi connectivity index (χ1n) is 6.91. The van der Waals surface area contributed by atoms with Crippen molar-refractivity contribution in [1.29, 1.82) is 0 Å². The van der Waals surface area contributed by atoms with Crippen LogP contribution in [0, 0.1) is 0 Å². The van der Waals surface area contributed by atoms with Gasteiger partial charge in [-0.3, -0.25) is 9.69 Å². The van der Waals surface area contributed by atoms with Crippen LogP contribution in [0.25, 0.3) is 0 Å². The van der Waals surface area contributed by atoms with E-state index in [2.05, 4.69) is 22.8 Å². The molecule has 0 aliphatic carbocycles. The van der Waals surface area contributed by atoms with Gasteiger partial charge in [-0.05, 0) is 12.6 Å². The second kappa shape index (κ2) is 10.4. The van der Waals surface area contributed by atoms with Crippen molar-refractivity contribution in [2.75, 3.05) is 46.9 Å². The normalized spacial score (nSPS) is 10.8. The summed E-state index contributed by atoms with van der Waals surface area (Å²) in [6.45, 7) is 4.08. The molecule has 0 unspecified atom stereocenters. The summed E-state index contributed by atoms with van der Waals surface area (Å²) in [6, 6.07) is 10.1. The van der Waals surface area contributed by atoms with Crippen LogP contribution in [0.5, 0.6) is 0 Å². The molecule has 0 saturated heterocycles. The molecule has 2 N–H and O–H groups in total. The van der Waals surface area contributed by atoms with Crippen molar-refractivity contribution < 1.29 is 9.53 Å². The van der Waals surface area contributed by atoms with E-state index in [1.165, 1.54) is 5.56 Å². The number of carbonyl (C=O) groups is 1. The first-order chi connectivity index (χ1) is 9.72. The number of rotatable bonds is 10. The summed E-state index contributed by atoms with van der Waals surface area (Å²) in [5.41, 5.74) is 1.21. The van der Waals surface area contributed by atoms with Crippen molar-refractivity contribution in [3.8, 4) is 0 Å². The Hall–Kier alpha value is -1.43. The molecule has 0 radical (unpaired) electrons. The highest BCUT2D eigenvalue weighted by atomic mass is 16.5. The number of carbonyl (C=O) groups excluding carboxylic acids is 1.